The third-order valence-electron chi connectivity index (χ3n) is 13.7. The molecule has 0 aliphatic carbocycles. The molecule has 0 amide bonds. The molecule has 9 heteroatoms. The minimum absolute atomic E-state index is 0.0227. The highest BCUT2D eigenvalue weighted by atomic mass is 32.2. The van der Waals surface area contributed by atoms with Gasteiger partial charge in [-0.1, -0.05) is 137 Å². The van der Waals surface area contributed by atoms with Crippen molar-refractivity contribution in [1.29, 1.82) is 0 Å². The van der Waals surface area contributed by atoms with Crippen molar-refractivity contribution in [1.82, 2.24) is 19.9 Å². The summed E-state index contributed by atoms with van der Waals surface area (Å²) in [6, 6.07) is 36.0. The summed E-state index contributed by atoms with van der Waals surface area (Å²) in [7, 11) is -3.35. The first kappa shape index (κ1) is 47.3. The van der Waals surface area contributed by atoms with Gasteiger partial charge in [0.15, 0.2) is 0 Å². The van der Waals surface area contributed by atoms with E-state index in [1.807, 2.05) is 0 Å². The fourth-order valence-corrected chi connectivity index (χ4v) is 10.0. The molecule has 0 spiro atoms. The summed E-state index contributed by atoms with van der Waals surface area (Å²) in [6.07, 6.45) is 9.47. The normalized spacial score (nSPS) is 13.0. The number of H-pyrrole nitrogens is 2. The van der Waals surface area contributed by atoms with E-state index in [1.165, 1.54) is 22.1 Å². The van der Waals surface area contributed by atoms with E-state index in [0.717, 1.165) is 147 Å². The third kappa shape index (κ3) is 10.2. The minimum atomic E-state index is -3.35. The van der Waals surface area contributed by atoms with E-state index in [9.17, 15) is 8.42 Å². The van der Waals surface area contributed by atoms with Crippen LogP contribution in [-0.4, -0.2) is 47.8 Å². The highest BCUT2D eigenvalue weighted by Gasteiger charge is 2.25. The maximum absolute atomic E-state index is 11.2. The van der Waals surface area contributed by atoms with E-state index >= 15 is 0 Å². The highest BCUT2D eigenvalue weighted by Crippen LogP contribution is 2.43. The van der Waals surface area contributed by atoms with Crippen molar-refractivity contribution in [2.45, 2.75) is 130 Å². The summed E-state index contributed by atoms with van der Waals surface area (Å²) >= 11 is 0. The zero-order chi connectivity index (χ0) is 48.2. The molecule has 0 saturated carbocycles. The molecule has 5 heterocycles. The molecule has 0 atom stereocenters. The van der Waals surface area contributed by atoms with Crippen LogP contribution in [0.4, 0.5) is 0 Å². The maximum atomic E-state index is 11.2. The van der Waals surface area contributed by atoms with Gasteiger partial charge >= 0.3 is 0 Å². The Bertz CT molecular complexity index is 3320. The van der Waals surface area contributed by atoms with Gasteiger partial charge in [-0.2, -0.15) is 8.42 Å². The summed E-state index contributed by atoms with van der Waals surface area (Å²) in [5, 5.41) is 4.48. The number of nitrogens with one attached hydrogen (secondary N) is 2. The van der Waals surface area contributed by atoms with Gasteiger partial charge in [0.25, 0.3) is 10.1 Å². The summed E-state index contributed by atoms with van der Waals surface area (Å²) in [5.74, 6) is 0.844. The van der Waals surface area contributed by atoms with Crippen LogP contribution in [0.1, 0.15) is 130 Å². The smallest absolute Gasteiger partial charge is 0.264 e. The molecule has 0 fully saturated rings. The largest absolute Gasteiger partial charge is 0.494 e. The zero-order valence-electron chi connectivity index (χ0n) is 41.7. The Morgan fingerprint density at radius 3 is 1.28 bits per heavy atom. The van der Waals surface area contributed by atoms with Crippen LogP contribution >= 0.6 is 0 Å². The van der Waals surface area contributed by atoms with Crippen LogP contribution < -0.4 is 4.74 Å². The predicted molar refractivity (Wildman–Crippen MR) is 284 cm³/mol. The number of ether oxygens (including phenoxy) is 1. The number of aromatic amines is 2. The predicted octanol–water partition coefficient (Wildman–Crippen LogP) is 15.7. The van der Waals surface area contributed by atoms with E-state index in [2.05, 4.69) is 169 Å². The molecular formula is C59H68N4O4S. The van der Waals surface area contributed by atoms with Gasteiger partial charge in [-0.25, -0.2) is 9.97 Å². The van der Waals surface area contributed by atoms with Crippen LogP contribution in [0.3, 0.4) is 0 Å². The number of fused-ring (bicyclic) bond motifs is 20. The number of rotatable bonds is 13. The monoisotopic (exact) mass is 928 g/mol. The number of benzene rings is 4. The quantitative estimate of drug-likeness (QED) is 0.0880. The summed E-state index contributed by atoms with van der Waals surface area (Å²) in [4.78, 5) is 18.7. The van der Waals surface area contributed by atoms with Crippen LogP contribution in [0, 0.1) is 0 Å². The van der Waals surface area contributed by atoms with Crippen molar-refractivity contribution in [3.63, 3.8) is 0 Å². The van der Waals surface area contributed by atoms with E-state index < -0.39 is 10.1 Å². The van der Waals surface area contributed by atoms with Crippen LogP contribution in [0.25, 0.3) is 88.6 Å². The van der Waals surface area contributed by atoms with E-state index in [-0.39, 0.29) is 22.9 Å². The fourth-order valence-electron chi connectivity index (χ4n) is 9.60. The Morgan fingerprint density at radius 2 is 0.809 bits per heavy atom. The highest BCUT2D eigenvalue weighted by molar-refractivity contribution is 7.85. The molecule has 4 aromatic carbocycles. The average molecular weight is 929 g/mol. The Balaban J connectivity index is 1.16. The van der Waals surface area contributed by atoms with Gasteiger partial charge < -0.3 is 14.7 Å². The second-order valence-corrected chi connectivity index (χ2v) is 23.8. The second-order valence-electron chi connectivity index (χ2n) is 22.2. The summed E-state index contributed by atoms with van der Waals surface area (Å²) < 4.78 is 33.7. The Kier molecular flexibility index (Phi) is 12.7. The molecule has 2 aliphatic heterocycles. The molecule has 3 aromatic heterocycles. The van der Waals surface area contributed by atoms with Crippen LogP contribution in [0.2, 0.25) is 0 Å². The number of unbranched alkanes of at least 4 members (excludes halogenated alkanes) is 7. The SMILES string of the molecule is CC(C)(C)c1ccc2c(c1)-c1cc3[nH]c(cc4nc(cc5[nH]c(cc-2n1)c1cc(C(C)(C)C)ccc51)-c1cc(C(C)(C)C)ccc1-4)c1cc(OCCCCCCCCCCOS(C)(=O)=O)ccc31. The molecule has 8 nitrogen and oxygen atoms in total. The van der Waals surface area contributed by atoms with Gasteiger partial charge in [-0.15, -0.1) is 0 Å². The van der Waals surface area contributed by atoms with Crippen molar-refractivity contribution in [2.24, 2.45) is 0 Å². The van der Waals surface area contributed by atoms with E-state index in [4.69, 9.17) is 18.9 Å². The van der Waals surface area contributed by atoms with E-state index in [1.54, 1.807) is 0 Å². The first-order chi connectivity index (χ1) is 32.2. The maximum Gasteiger partial charge on any atom is 0.264 e. The lowest BCUT2D eigenvalue weighted by Gasteiger charge is -2.20. The summed E-state index contributed by atoms with van der Waals surface area (Å²) in [6.45, 7) is 21.3. The lowest BCUT2D eigenvalue weighted by molar-refractivity contribution is 0.303. The van der Waals surface area contributed by atoms with Gasteiger partial charge in [0.05, 0.1) is 42.2 Å². The van der Waals surface area contributed by atoms with Crippen molar-refractivity contribution in [3.8, 4) is 50.8 Å². The molecule has 8 bridgehead atoms. The molecule has 2 aliphatic rings. The van der Waals surface area contributed by atoms with Crippen molar-refractivity contribution in [3.05, 3.63) is 114 Å². The van der Waals surface area contributed by atoms with Gasteiger partial charge in [0.1, 0.15) is 5.75 Å². The van der Waals surface area contributed by atoms with Gasteiger partial charge in [0, 0.05) is 65.9 Å². The van der Waals surface area contributed by atoms with Gasteiger partial charge in [-0.05, 0) is 106 Å². The Labute approximate surface area is 403 Å². The van der Waals surface area contributed by atoms with Crippen LogP contribution in [0.5, 0.6) is 5.75 Å². The van der Waals surface area contributed by atoms with Gasteiger partial charge in [-0.3, -0.25) is 4.18 Å². The number of aromatic nitrogens is 4. The fraction of sp³-hybridized carbons (Fsp3) is 0.390. The number of hydrogen-bond donors (Lipinski definition) is 2. The molecule has 9 rings (SSSR count). The second kappa shape index (κ2) is 18.3. The molecule has 0 unspecified atom stereocenters. The summed E-state index contributed by atoms with van der Waals surface area (Å²) in [5.41, 5.74) is 15.9. The van der Waals surface area contributed by atoms with Crippen LogP contribution in [0.15, 0.2) is 97.1 Å². The van der Waals surface area contributed by atoms with Crippen LogP contribution in [-0.2, 0) is 30.5 Å². The average Bonchev–Trinajstić information content (AvgIpc) is 4.00. The topological polar surface area (TPSA) is 110 Å². The van der Waals surface area contributed by atoms with Crippen molar-refractivity contribution in [2.75, 3.05) is 19.5 Å². The number of hydrogen-bond acceptors (Lipinski definition) is 6. The van der Waals surface area contributed by atoms with E-state index in [0.29, 0.717) is 6.61 Å². The molecule has 0 saturated heterocycles. The Hall–Kier alpha value is -5.77. The molecule has 354 valence electrons. The third-order valence-corrected chi connectivity index (χ3v) is 14.3. The first-order valence-corrected chi connectivity index (χ1v) is 26.4. The molecular weight excluding hydrogens is 861 g/mol. The van der Waals surface area contributed by atoms with Gasteiger partial charge in [0.2, 0.25) is 0 Å². The molecule has 2 N–H and O–H groups in total. The molecule has 68 heavy (non-hydrogen) atoms. The molecule has 7 aromatic rings. The molecule has 0 radical (unpaired) electrons. The lowest BCUT2D eigenvalue weighted by atomic mass is 9.85. The minimum Gasteiger partial charge on any atom is -0.494 e. The Morgan fingerprint density at radius 1 is 0.426 bits per heavy atom. The lowest BCUT2D eigenvalue weighted by Crippen LogP contribution is -2.10. The number of nitrogens with zero attached hydrogens (tertiary/aromatic N) is 2. The van der Waals surface area contributed by atoms with Crippen molar-refractivity contribution < 1.29 is 17.3 Å². The van der Waals surface area contributed by atoms with Crippen molar-refractivity contribution >= 4 is 53.7 Å². The standard InChI is InChI=1S/C59H68N4O4S/c1-57(2,3)37-19-23-41-45(29-37)53-33-50-42-24-20-38(58(4,5)6)30-46(42)55(61-50)35-52-44-26-22-40(66-27-17-15-13-11-12-14-16-18-28-67-68(10,64)65)32-48(44)56(63-52)36-51-43-25-21-39(59(7,8)9)31-47(43)54(62-51)34-49(41)60-53/h19-26,29-36,60,63H,11-18,27-28H2,1-10H3. The first-order valence-electron chi connectivity index (χ1n) is 24.6. The zero-order valence-corrected chi connectivity index (χ0v) is 42.6.